The fourth-order valence-corrected chi connectivity index (χ4v) is 19.4. The van der Waals surface area contributed by atoms with Gasteiger partial charge in [-0.05, 0) is 235 Å². The summed E-state index contributed by atoms with van der Waals surface area (Å²) in [5.74, 6) is -8.14. The van der Waals surface area contributed by atoms with Crippen LogP contribution in [-0.2, 0) is 30.2 Å². The first-order chi connectivity index (χ1) is 42.6. The third kappa shape index (κ3) is 8.45. The van der Waals surface area contributed by atoms with E-state index in [1.165, 1.54) is 109 Å². The molecule has 0 aliphatic heterocycles. The molecule has 444 valence electrons. The quantitative estimate of drug-likeness (QED) is 0.0756. The molecule has 0 heterocycles. The SMILES string of the molecule is Fc1cccc(C2C3CCC(OB(OC45CCC(C4)C(c4cccc(F)c4)C5(c4cccc(F)c4)c4cccc(F)c4)OC45CCC(C4)C(c4cccc(F)c4)C5(c4cccc(F)c4)c4cccc(F)c4)(C3)C2(c2cccc(F)c2)c2cccc(F)c2)c1. The zero-order valence-corrected chi connectivity index (χ0v) is 47.8. The summed E-state index contributed by atoms with van der Waals surface area (Å²) in [7, 11) is -1.87. The Morgan fingerprint density at radius 2 is 0.477 bits per heavy atom. The molecule has 15 rings (SSSR count). The molecule has 88 heavy (non-hydrogen) atoms. The van der Waals surface area contributed by atoms with E-state index >= 15 is 39.5 Å². The molecule has 6 aliphatic rings. The Balaban J connectivity index is 1.03. The molecule has 0 aromatic heterocycles. The van der Waals surface area contributed by atoms with Crippen molar-refractivity contribution in [3.05, 3.63) is 321 Å². The maximum absolute atomic E-state index is 16.5. The topological polar surface area (TPSA) is 27.7 Å². The van der Waals surface area contributed by atoms with Crippen LogP contribution in [0.25, 0.3) is 0 Å². The van der Waals surface area contributed by atoms with Crippen LogP contribution < -0.4 is 0 Å². The predicted octanol–water partition coefficient (Wildman–Crippen LogP) is 18.2. The van der Waals surface area contributed by atoms with Gasteiger partial charge in [0, 0.05) is 17.8 Å². The van der Waals surface area contributed by atoms with Gasteiger partial charge in [-0.3, -0.25) is 0 Å². The van der Waals surface area contributed by atoms with E-state index in [0.717, 1.165) is 0 Å². The lowest BCUT2D eigenvalue weighted by atomic mass is 9.54. The molecular formula is C75H60BF9O3. The van der Waals surface area contributed by atoms with Gasteiger partial charge in [0.15, 0.2) is 0 Å². The number of hydrogen-bond acceptors (Lipinski definition) is 3. The van der Waals surface area contributed by atoms with Gasteiger partial charge in [-0.1, -0.05) is 109 Å². The van der Waals surface area contributed by atoms with Crippen molar-refractivity contribution in [2.24, 2.45) is 17.8 Å². The van der Waals surface area contributed by atoms with E-state index in [4.69, 9.17) is 14.0 Å². The summed E-state index contributed by atoms with van der Waals surface area (Å²) in [6, 6.07) is 55.4. The lowest BCUT2D eigenvalue weighted by molar-refractivity contribution is -0.123. The van der Waals surface area contributed by atoms with E-state index in [2.05, 4.69) is 0 Å². The highest BCUT2D eigenvalue weighted by Crippen LogP contribution is 2.75. The Labute approximate surface area is 505 Å². The minimum Gasteiger partial charge on any atom is -0.379 e. The highest BCUT2D eigenvalue weighted by Gasteiger charge is 2.77. The van der Waals surface area contributed by atoms with Crippen molar-refractivity contribution in [3.8, 4) is 0 Å². The van der Waals surface area contributed by atoms with Crippen LogP contribution >= 0.6 is 0 Å². The minimum atomic E-state index is -1.87. The van der Waals surface area contributed by atoms with Gasteiger partial charge < -0.3 is 14.0 Å². The van der Waals surface area contributed by atoms with Crippen molar-refractivity contribution in [3.63, 3.8) is 0 Å². The first kappa shape index (κ1) is 56.8. The van der Waals surface area contributed by atoms with Crippen LogP contribution in [0.3, 0.4) is 0 Å². The van der Waals surface area contributed by atoms with Gasteiger partial charge in [-0.2, -0.15) is 0 Å². The van der Waals surface area contributed by atoms with Crippen molar-refractivity contribution in [2.75, 3.05) is 0 Å². The number of fused-ring (bicyclic) bond motifs is 6. The average molecular weight is 1190 g/mol. The third-order valence-corrected chi connectivity index (χ3v) is 21.8. The Morgan fingerprint density at radius 1 is 0.273 bits per heavy atom. The Kier molecular flexibility index (Phi) is 13.7. The summed E-state index contributed by atoms with van der Waals surface area (Å²) in [5, 5.41) is 0. The first-order valence-corrected chi connectivity index (χ1v) is 30.5. The van der Waals surface area contributed by atoms with Crippen LogP contribution in [0.15, 0.2) is 218 Å². The monoisotopic (exact) mass is 1190 g/mol. The minimum absolute atomic E-state index is 0.228. The molecule has 0 spiro atoms. The lowest BCUT2D eigenvalue weighted by Crippen LogP contribution is -2.63. The average Bonchev–Trinajstić information content (AvgIpc) is 1.49. The Bertz CT molecular complexity index is 3620. The highest BCUT2D eigenvalue weighted by molar-refractivity contribution is 6.37. The molecule has 6 saturated carbocycles. The van der Waals surface area contributed by atoms with Gasteiger partial charge in [-0.15, -0.1) is 0 Å². The maximum atomic E-state index is 16.5. The summed E-state index contributed by atoms with van der Waals surface area (Å²) in [4.78, 5) is 0. The van der Waals surface area contributed by atoms with Crippen LogP contribution in [0.4, 0.5) is 39.5 Å². The van der Waals surface area contributed by atoms with Crippen LogP contribution in [0.1, 0.15) is 126 Å². The fraction of sp³-hybridized carbons (Fsp3) is 0.280. The predicted molar refractivity (Wildman–Crippen MR) is 317 cm³/mol. The van der Waals surface area contributed by atoms with Crippen molar-refractivity contribution in [1.82, 2.24) is 0 Å². The summed E-state index contributed by atoms with van der Waals surface area (Å²) in [6.45, 7) is 0. The maximum Gasteiger partial charge on any atom is 0.640 e. The summed E-state index contributed by atoms with van der Waals surface area (Å²) < 4.78 is 172. The molecule has 3 nitrogen and oxygen atoms in total. The standard InChI is InChI=1S/C75H60BF9O3/c77-58-19-1-10-46(34-58)67-49-28-31-70(43-49,73(67,52-13-4-22-61(80)37-52)53-14-5-23-62(81)38-53)86-76(87-71-32-29-50(44-71)68(47-11-2-20-59(78)35-47)74(71,54-15-6-24-63(82)39-54)55-16-7-25-64(83)40-55)88-72-33-30-51(45-72)69(48-12-3-21-60(79)36-48)75(72,56-17-8-26-65(84)41-56)57-18-9-27-66(85)42-57/h1-27,34-42,49-51,67-69H,28-33,43-45H2. The van der Waals surface area contributed by atoms with Crippen molar-refractivity contribution >= 4 is 7.32 Å². The largest absolute Gasteiger partial charge is 0.640 e. The van der Waals surface area contributed by atoms with E-state index in [1.807, 2.05) is 18.2 Å². The fourth-order valence-electron chi connectivity index (χ4n) is 19.4. The number of hydrogen-bond donors (Lipinski definition) is 0. The van der Waals surface area contributed by atoms with E-state index in [1.54, 1.807) is 91.0 Å². The van der Waals surface area contributed by atoms with Crippen molar-refractivity contribution in [1.29, 1.82) is 0 Å². The number of rotatable bonds is 15. The molecule has 0 N–H and O–H groups in total. The number of halogens is 9. The molecule has 6 aliphatic carbocycles. The Morgan fingerprint density at radius 3 is 0.682 bits per heavy atom. The second-order valence-electron chi connectivity index (χ2n) is 25.7. The van der Waals surface area contributed by atoms with E-state index < -0.39 is 110 Å². The second kappa shape index (κ2) is 21.2. The summed E-state index contributed by atoms with van der Waals surface area (Å²) >= 11 is 0. The van der Waals surface area contributed by atoms with E-state index in [9.17, 15) is 0 Å². The van der Waals surface area contributed by atoms with Crippen LogP contribution in [0, 0.1) is 70.1 Å². The molecule has 6 bridgehead atoms. The van der Waals surface area contributed by atoms with Crippen molar-refractivity contribution < 1.29 is 53.5 Å². The molecule has 9 unspecified atom stereocenters. The van der Waals surface area contributed by atoms with E-state index in [0.29, 0.717) is 69.3 Å². The van der Waals surface area contributed by atoms with Crippen LogP contribution in [0.5, 0.6) is 0 Å². The number of benzene rings is 9. The highest BCUT2D eigenvalue weighted by atomic mass is 19.2. The molecule has 9 aromatic rings. The van der Waals surface area contributed by atoms with Gasteiger partial charge in [-0.25, -0.2) is 39.5 Å². The first-order valence-electron chi connectivity index (χ1n) is 30.5. The molecule has 6 fully saturated rings. The van der Waals surface area contributed by atoms with Gasteiger partial charge >= 0.3 is 7.32 Å². The molecule has 0 radical (unpaired) electrons. The Hall–Kier alpha value is -7.71. The summed E-state index contributed by atoms with van der Waals surface area (Å²) in [6.07, 6.45) is 2.93. The second-order valence-corrected chi connectivity index (χ2v) is 25.7. The molecule has 0 saturated heterocycles. The lowest BCUT2D eigenvalue weighted by Gasteiger charge is -2.56. The van der Waals surface area contributed by atoms with Gasteiger partial charge in [0.05, 0.1) is 33.0 Å². The molecule has 13 heteroatoms. The zero-order chi connectivity index (χ0) is 60.4. The van der Waals surface area contributed by atoms with Crippen LogP contribution in [-0.4, -0.2) is 24.1 Å². The van der Waals surface area contributed by atoms with Crippen LogP contribution in [0.2, 0.25) is 0 Å². The molecule has 9 aromatic carbocycles. The smallest absolute Gasteiger partial charge is 0.379 e. The molecule has 0 amide bonds. The molecule has 9 atom stereocenters. The zero-order valence-electron chi connectivity index (χ0n) is 47.8. The summed E-state index contributed by atoms with van der Waals surface area (Å²) in [5.41, 5.74) is -5.23. The van der Waals surface area contributed by atoms with E-state index in [-0.39, 0.29) is 56.3 Å². The van der Waals surface area contributed by atoms with Gasteiger partial charge in [0.25, 0.3) is 0 Å². The van der Waals surface area contributed by atoms with Gasteiger partial charge in [0.1, 0.15) is 52.4 Å². The third-order valence-electron chi connectivity index (χ3n) is 21.8. The van der Waals surface area contributed by atoms with Gasteiger partial charge in [0.2, 0.25) is 0 Å². The van der Waals surface area contributed by atoms with Crippen molar-refractivity contribution in [2.45, 2.75) is 109 Å². The molecular weight excluding hydrogens is 1130 g/mol. The normalized spacial score (nSPS) is 27.5.